The van der Waals surface area contributed by atoms with Gasteiger partial charge in [-0.2, -0.15) is 13.1 Å². The van der Waals surface area contributed by atoms with Crippen LogP contribution >= 0.6 is 0 Å². The van der Waals surface area contributed by atoms with Crippen LogP contribution in [0.1, 0.15) is 12.8 Å². The van der Waals surface area contributed by atoms with Crippen LogP contribution in [0.4, 0.5) is 4.79 Å². The van der Waals surface area contributed by atoms with Gasteiger partial charge in [-0.1, -0.05) is 0 Å². The van der Waals surface area contributed by atoms with Gasteiger partial charge in [0.25, 0.3) is 0 Å². The van der Waals surface area contributed by atoms with Gasteiger partial charge < -0.3 is 9.84 Å². The fourth-order valence-electron chi connectivity index (χ4n) is 0.905. The lowest BCUT2D eigenvalue weighted by atomic mass is 10.3. The molecule has 0 aromatic heterocycles. The second-order valence-corrected chi connectivity index (χ2v) is 4.55. The highest BCUT2D eigenvalue weighted by Crippen LogP contribution is 2.34. The van der Waals surface area contributed by atoms with Crippen LogP contribution in [-0.4, -0.2) is 38.9 Å². The van der Waals surface area contributed by atoms with E-state index in [1.54, 1.807) is 4.72 Å². The second kappa shape index (κ2) is 3.71. The summed E-state index contributed by atoms with van der Waals surface area (Å²) in [6.07, 6.45) is 0.0585. The molecule has 0 radical (unpaired) electrons. The molecule has 7 nitrogen and oxygen atoms in total. The van der Waals surface area contributed by atoms with Crippen molar-refractivity contribution >= 4 is 16.3 Å². The molecule has 0 aromatic carbocycles. The van der Waals surface area contributed by atoms with E-state index >= 15 is 0 Å². The lowest BCUT2D eigenvalue weighted by Gasteiger charge is -2.14. The van der Waals surface area contributed by atoms with Crippen LogP contribution in [-0.2, 0) is 14.9 Å². The minimum Gasteiger partial charge on any atom is -0.452 e. The van der Waals surface area contributed by atoms with Gasteiger partial charge in [0.15, 0.2) is 0 Å². The summed E-state index contributed by atoms with van der Waals surface area (Å²) in [4.78, 5) is 10.6. The first-order chi connectivity index (χ1) is 6.43. The number of methoxy groups -OCH3 is 1. The zero-order valence-corrected chi connectivity index (χ0v) is 8.43. The van der Waals surface area contributed by atoms with Gasteiger partial charge in [0.2, 0.25) is 0 Å². The van der Waals surface area contributed by atoms with Crippen molar-refractivity contribution in [3.63, 3.8) is 0 Å². The predicted molar refractivity (Wildman–Crippen MR) is 46.6 cm³/mol. The van der Waals surface area contributed by atoms with Crippen molar-refractivity contribution in [3.05, 3.63) is 0 Å². The number of rotatable bonds is 4. The van der Waals surface area contributed by atoms with Crippen LogP contribution in [0.25, 0.3) is 0 Å². The Balaban J connectivity index is 2.54. The number of ether oxygens (including phenoxy) is 1. The van der Waals surface area contributed by atoms with E-state index in [1.807, 2.05) is 0 Å². The standard InChI is InChI=1S/C6H12N2O5S/c1-13-5(10)7-14(11,12)8-6(4-9)2-3-6/h8-9H,2-4H2,1H3,(H,7,10). The van der Waals surface area contributed by atoms with Crippen molar-refractivity contribution < 1.29 is 23.1 Å². The van der Waals surface area contributed by atoms with E-state index < -0.39 is 21.8 Å². The van der Waals surface area contributed by atoms with Crippen molar-refractivity contribution in [1.82, 2.24) is 9.44 Å². The van der Waals surface area contributed by atoms with E-state index in [2.05, 4.69) is 9.46 Å². The zero-order valence-electron chi connectivity index (χ0n) is 7.61. The molecule has 1 amide bonds. The van der Waals surface area contributed by atoms with E-state index in [-0.39, 0.29) is 6.61 Å². The largest absolute Gasteiger partial charge is 0.452 e. The highest BCUT2D eigenvalue weighted by atomic mass is 32.2. The maximum atomic E-state index is 11.2. The molecule has 8 heteroatoms. The molecule has 0 heterocycles. The fraction of sp³-hybridized carbons (Fsp3) is 0.833. The molecule has 1 fully saturated rings. The summed E-state index contributed by atoms with van der Waals surface area (Å²) in [7, 11) is -2.88. The van der Waals surface area contributed by atoms with Gasteiger partial charge in [-0.3, -0.25) is 0 Å². The molecule has 0 unspecified atom stereocenters. The average molecular weight is 224 g/mol. The lowest BCUT2D eigenvalue weighted by molar-refractivity contribution is 0.177. The Hall–Kier alpha value is -0.860. The zero-order chi connectivity index (χ0) is 10.8. The summed E-state index contributed by atoms with van der Waals surface area (Å²) in [6, 6.07) is 0. The molecule has 3 N–H and O–H groups in total. The molecule has 1 aliphatic carbocycles. The quantitative estimate of drug-likeness (QED) is 0.550. The van der Waals surface area contributed by atoms with Crippen molar-refractivity contribution in [2.45, 2.75) is 18.4 Å². The first-order valence-corrected chi connectivity index (χ1v) is 5.42. The summed E-state index contributed by atoms with van der Waals surface area (Å²) < 4.78 is 30.3. The van der Waals surface area contributed by atoms with E-state index in [0.29, 0.717) is 12.8 Å². The SMILES string of the molecule is COC(=O)NS(=O)(=O)NC1(CO)CC1. The van der Waals surface area contributed by atoms with E-state index in [9.17, 15) is 13.2 Å². The highest BCUT2D eigenvalue weighted by Gasteiger charge is 2.45. The molecule has 0 atom stereocenters. The van der Waals surface area contributed by atoms with E-state index in [4.69, 9.17) is 5.11 Å². The molecule has 0 bridgehead atoms. The maximum Gasteiger partial charge on any atom is 0.421 e. The average Bonchev–Trinajstić information content (AvgIpc) is 2.83. The van der Waals surface area contributed by atoms with Gasteiger partial charge in [-0.25, -0.2) is 9.52 Å². The molecule has 1 rings (SSSR count). The fourth-order valence-corrected chi connectivity index (χ4v) is 2.10. The Morgan fingerprint density at radius 1 is 1.57 bits per heavy atom. The second-order valence-electron chi connectivity index (χ2n) is 3.14. The molecular formula is C6H12N2O5S. The lowest BCUT2D eigenvalue weighted by Crippen LogP contribution is -2.47. The Labute approximate surface area is 81.6 Å². The summed E-state index contributed by atoms with van der Waals surface area (Å²) in [5.74, 6) is 0. The Bertz CT molecular complexity index is 321. The molecule has 0 saturated heterocycles. The third kappa shape index (κ3) is 2.82. The van der Waals surface area contributed by atoms with Crippen LogP contribution in [0, 0.1) is 0 Å². The van der Waals surface area contributed by atoms with Gasteiger partial charge >= 0.3 is 16.3 Å². The van der Waals surface area contributed by atoms with Crippen LogP contribution in [0.3, 0.4) is 0 Å². The molecule has 1 aliphatic rings. The third-order valence-corrected chi connectivity index (χ3v) is 3.05. The van der Waals surface area contributed by atoms with Crippen molar-refractivity contribution in [2.75, 3.05) is 13.7 Å². The van der Waals surface area contributed by atoms with Gasteiger partial charge in [0, 0.05) is 0 Å². The number of hydrogen-bond acceptors (Lipinski definition) is 5. The number of carbonyl (C=O) groups is 1. The maximum absolute atomic E-state index is 11.2. The first kappa shape index (κ1) is 11.2. The monoisotopic (exact) mass is 224 g/mol. The van der Waals surface area contributed by atoms with E-state index in [1.165, 1.54) is 0 Å². The summed E-state index contributed by atoms with van der Waals surface area (Å²) in [5.41, 5.74) is -0.792. The van der Waals surface area contributed by atoms with Crippen molar-refractivity contribution in [3.8, 4) is 0 Å². The Kier molecular flexibility index (Phi) is 2.98. The number of nitrogens with one attached hydrogen (secondary N) is 2. The molecule has 0 spiro atoms. The highest BCUT2D eigenvalue weighted by molar-refractivity contribution is 7.88. The van der Waals surface area contributed by atoms with E-state index in [0.717, 1.165) is 7.11 Å². The van der Waals surface area contributed by atoms with Crippen molar-refractivity contribution in [1.29, 1.82) is 0 Å². The topological polar surface area (TPSA) is 105 Å². The molecular weight excluding hydrogens is 212 g/mol. The van der Waals surface area contributed by atoms with Gasteiger partial charge in [-0.15, -0.1) is 0 Å². The minimum atomic E-state index is -3.93. The number of aliphatic hydroxyl groups is 1. The summed E-state index contributed by atoms with van der Waals surface area (Å²) >= 11 is 0. The normalized spacial score (nSPS) is 18.7. The van der Waals surface area contributed by atoms with Gasteiger partial charge in [0.05, 0.1) is 19.3 Å². The van der Waals surface area contributed by atoms with Crippen LogP contribution in [0.5, 0.6) is 0 Å². The molecule has 82 valence electrons. The third-order valence-electron chi connectivity index (χ3n) is 1.91. The molecule has 0 aromatic rings. The number of aliphatic hydroxyl groups excluding tert-OH is 1. The van der Waals surface area contributed by atoms with Crippen LogP contribution < -0.4 is 9.44 Å². The minimum absolute atomic E-state index is 0.283. The Morgan fingerprint density at radius 2 is 2.14 bits per heavy atom. The number of carbonyl (C=O) groups excluding carboxylic acids is 1. The first-order valence-electron chi connectivity index (χ1n) is 3.93. The smallest absolute Gasteiger partial charge is 0.421 e. The molecule has 14 heavy (non-hydrogen) atoms. The summed E-state index contributed by atoms with van der Waals surface area (Å²) in [5, 5.41) is 8.84. The number of amides is 1. The Morgan fingerprint density at radius 3 is 2.50 bits per heavy atom. The predicted octanol–water partition coefficient (Wildman–Crippen LogP) is -1.30. The van der Waals surface area contributed by atoms with Gasteiger partial charge in [-0.05, 0) is 12.8 Å². The van der Waals surface area contributed by atoms with Gasteiger partial charge in [0.1, 0.15) is 0 Å². The van der Waals surface area contributed by atoms with Crippen molar-refractivity contribution in [2.24, 2.45) is 0 Å². The van der Waals surface area contributed by atoms with Crippen LogP contribution in [0.2, 0.25) is 0 Å². The number of hydrogen-bond donors (Lipinski definition) is 3. The van der Waals surface area contributed by atoms with Crippen LogP contribution in [0.15, 0.2) is 0 Å². The molecule has 0 aliphatic heterocycles. The summed E-state index contributed by atoms with van der Waals surface area (Å²) in [6.45, 7) is -0.283. The molecule has 1 saturated carbocycles.